The molecule has 0 bridgehead atoms. The van der Waals surface area contributed by atoms with Crippen molar-refractivity contribution < 1.29 is 27.3 Å². The Balaban J connectivity index is 1.34. The first kappa shape index (κ1) is 43.6. The van der Waals surface area contributed by atoms with Crippen molar-refractivity contribution in [2.75, 3.05) is 53.4 Å². The van der Waals surface area contributed by atoms with Crippen molar-refractivity contribution in [3.63, 3.8) is 0 Å². The van der Waals surface area contributed by atoms with Crippen LogP contribution in [0.1, 0.15) is 46.8 Å². The summed E-state index contributed by atoms with van der Waals surface area (Å²) in [5, 5.41) is 43.7. The van der Waals surface area contributed by atoms with Gasteiger partial charge in [-0.1, -0.05) is 43.3 Å². The van der Waals surface area contributed by atoms with Crippen molar-refractivity contribution >= 4 is 74.2 Å². The molecule has 0 aliphatic heterocycles. The van der Waals surface area contributed by atoms with Crippen LogP contribution in [0.5, 0.6) is 5.75 Å². The van der Waals surface area contributed by atoms with Gasteiger partial charge in [-0.25, -0.2) is 9.83 Å². The molecule has 0 fully saturated rings. The van der Waals surface area contributed by atoms with E-state index >= 15 is 0 Å². The Kier molecular flexibility index (Phi) is 14.7. The molecule has 0 amide bonds. The van der Waals surface area contributed by atoms with Gasteiger partial charge in [0.25, 0.3) is 10.1 Å². The van der Waals surface area contributed by atoms with E-state index in [0.29, 0.717) is 59.9 Å². The number of aryl methyl sites for hydroxylation is 1. The second kappa shape index (κ2) is 20.3. The predicted octanol–water partition coefficient (Wildman–Crippen LogP) is 8.09. The lowest BCUT2D eigenvalue weighted by Crippen LogP contribution is -2.14. The maximum absolute atomic E-state index is 14.7. The van der Waals surface area contributed by atoms with Gasteiger partial charge in [0.1, 0.15) is 17.2 Å². The van der Waals surface area contributed by atoms with Crippen molar-refractivity contribution in [3.8, 4) is 5.75 Å². The van der Waals surface area contributed by atoms with E-state index in [-0.39, 0.29) is 41.0 Å². The Labute approximate surface area is 344 Å². The largest absolute Gasteiger partial charge is 0.504 e. The summed E-state index contributed by atoms with van der Waals surface area (Å²) in [5.41, 5.74) is 5.08. The van der Waals surface area contributed by atoms with E-state index in [1.807, 2.05) is 13.8 Å². The first-order chi connectivity index (χ1) is 28.8. The number of amidine groups is 1. The number of rotatable bonds is 18. The van der Waals surface area contributed by atoms with Gasteiger partial charge >= 0.3 is 6.08 Å². The molecular formula is C38H40FN15O5S. The highest BCUT2D eigenvalue weighted by molar-refractivity contribution is 7.85. The van der Waals surface area contributed by atoms with Gasteiger partial charge < -0.3 is 26.4 Å². The van der Waals surface area contributed by atoms with Crippen LogP contribution in [-0.2, 0) is 10.1 Å². The molecular weight excluding hydrogens is 798 g/mol. The number of anilines is 6. The lowest BCUT2D eigenvalue weighted by Gasteiger charge is -2.15. The van der Waals surface area contributed by atoms with Gasteiger partial charge in [-0.2, -0.15) is 43.1 Å². The van der Waals surface area contributed by atoms with E-state index in [0.717, 1.165) is 24.1 Å². The molecule has 5 rings (SSSR count). The first-order valence-electron chi connectivity index (χ1n) is 18.2. The van der Waals surface area contributed by atoms with Crippen LogP contribution in [0.25, 0.3) is 4.85 Å². The normalized spacial score (nSPS) is 11.7. The average Bonchev–Trinajstić information content (AvgIpc) is 3.22. The molecule has 0 atom stereocenters. The van der Waals surface area contributed by atoms with Gasteiger partial charge in [0.2, 0.25) is 23.4 Å². The zero-order valence-corrected chi connectivity index (χ0v) is 33.6. The molecule has 2 heterocycles. The number of carbonyl (C=O) groups excluding carboxylic acids is 1. The summed E-state index contributed by atoms with van der Waals surface area (Å²) in [6.07, 6.45) is 0.701. The number of hydrogen-bond donors (Lipinski definition) is 7. The Bertz CT molecular complexity index is 2600. The van der Waals surface area contributed by atoms with Gasteiger partial charge in [-0.3, -0.25) is 14.8 Å². The third-order valence-electron chi connectivity index (χ3n) is 8.28. The van der Waals surface area contributed by atoms with E-state index in [1.165, 1.54) is 7.05 Å². The minimum absolute atomic E-state index is 0.0327. The summed E-state index contributed by atoms with van der Waals surface area (Å²) < 4.78 is 49.2. The van der Waals surface area contributed by atoms with E-state index < -0.39 is 32.8 Å². The number of phenolic OH excluding ortho intramolecular Hbond substituents is 1. The van der Waals surface area contributed by atoms with Crippen LogP contribution < -0.4 is 26.7 Å². The number of nitrogens with zero attached hydrogens (tertiary/aromatic N) is 10. The topological polar surface area (TPSA) is 270 Å². The molecule has 5 aromatic rings. The molecule has 60 heavy (non-hydrogen) atoms. The van der Waals surface area contributed by atoms with Gasteiger partial charge in [0, 0.05) is 37.8 Å². The molecule has 310 valence electrons. The molecule has 2 aromatic heterocycles. The predicted molar refractivity (Wildman–Crippen MR) is 225 cm³/mol. The number of phenols is 1. The highest BCUT2D eigenvalue weighted by Crippen LogP contribution is 2.40. The van der Waals surface area contributed by atoms with E-state index in [1.54, 1.807) is 55.5 Å². The summed E-state index contributed by atoms with van der Waals surface area (Å²) >= 11 is 0. The smallest absolute Gasteiger partial charge is 0.315 e. The summed E-state index contributed by atoms with van der Waals surface area (Å²) in [4.78, 5) is 30.5. The Morgan fingerprint density at radius 3 is 2.33 bits per heavy atom. The number of azo groups is 2. The third kappa shape index (κ3) is 11.3. The van der Waals surface area contributed by atoms with E-state index in [2.05, 4.69) is 77.0 Å². The summed E-state index contributed by atoms with van der Waals surface area (Å²) in [6.45, 7) is 14.5. The lowest BCUT2D eigenvalue weighted by atomic mass is 10.1. The number of hydrazone groups is 1. The van der Waals surface area contributed by atoms with Gasteiger partial charge in [-0.05, 0) is 62.1 Å². The molecule has 0 unspecified atom stereocenters. The van der Waals surface area contributed by atoms with Crippen molar-refractivity contribution in [2.45, 2.75) is 38.5 Å². The van der Waals surface area contributed by atoms with Crippen molar-refractivity contribution in [3.05, 3.63) is 100 Å². The van der Waals surface area contributed by atoms with E-state index in [9.17, 15) is 27.3 Å². The number of halogens is 1. The number of aromatic hydroxyl groups is 1. The maximum atomic E-state index is 14.7. The number of pyridine rings is 1. The fourth-order valence-corrected chi connectivity index (χ4v) is 5.89. The Hall–Kier alpha value is -7.51. The molecule has 0 aliphatic rings. The lowest BCUT2D eigenvalue weighted by molar-refractivity contribution is 0.112. The molecule has 20 nitrogen and oxygen atoms in total. The highest BCUT2D eigenvalue weighted by atomic mass is 32.2. The zero-order chi connectivity index (χ0) is 43.2. The Morgan fingerprint density at radius 2 is 1.63 bits per heavy atom. The van der Waals surface area contributed by atoms with Crippen LogP contribution in [0.15, 0.2) is 91.1 Å². The molecule has 22 heteroatoms. The van der Waals surface area contributed by atoms with Crippen LogP contribution in [0.2, 0.25) is 0 Å². The number of carbonyl (C=O) groups is 1. The van der Waals surface area contributed by atoms with E-state index in [4.69, 9.17) is 6.57 Å². The number of nitrogens with one attached hydrogen (secondary N) is 5. The zero-order valence-electron chi connectivity index (χ0n) is 32.8. The van der Waals surface area contributed by atoms with Crippen LogP contribution in [0.3, 0.4) is 0 Å². The van der Waals surface area contributed by atoms with Crippen molar-refractivity contribution in [2.24, 2.45) is 25.6 Å². The van der Waals surface area contributed by atoms with Crippen LogP contribution in [-0.4, -0.2) is 76.8 Å². The molecule has 7 N–H and O–H groups in total. The quantitative estimate of drug-likeness (QED) is 0.00506. The molecule has 0 saturated heterocycles. The summed E-state index contributed by atoms with van der Waals surface area (Å²) in [6, 6.07) is 15.3. The molecule has 0 saturated carbocycles. The highest BCUT2D eigenvalue weighted by Gasteiger charge is 2.20. The van der Waals surface area contributed by atoms with Crippen LogP contribution in [0.4, 0.5) is 56.4 Å². The fraction of sp³-hybridized carbons (Fsp3) is 0.237. The number of hydrogen-bond acceptors (Lipinski definition) is 17. The molecule has 0 aliphatic carbocycles. The average molecular weight is 838 g/mol. The van der Waals surface area contributed by atoms with Gasteiger partial charge in [-0.15, -0.1) is 10.2 Å². The molecule has 0 radical (unpaired) electrons. The third-order valence-corrected chi connectivity index (χ3v) is 9.11. The maximum Gasteiger partial charge on any atom is 0.315 e. The number of benzene rings is 3. The van der Waals surface area contributed by atoms with Gasteiger partial charge in [0.15, 0.2) is 17.9 Å². The summed E-state index contributed by atoms with van der Waals surface area (Å²) in [7, 11) is -3.34. The molecule has 3 aromatic carbocycles. The number of aldehydes is 1. The minimum Gasteiger partial charge on any atom is -0.504 e. The number of aromatic nitrogens is 4. The van der Waals surface area contributed by atoms with Gasteiger partial charge in [0.05, 0.1) is 22.8 Å². The monoisotopic (exact) mass is 837 g/mol. The minimum atomic E-state index is -4.87. The summed E-state index contributed by atoms with van der Waals surface area (Å²) in [5.74, 6) is -0.434. The second-order valence-electron chi connectivity index (χ2n) is 12.7. The second-order valence-corrected chi connectivity index (χ2v) is 14.1. The SMILES string of the molecule is [C-]#[N+]c1c(NCCCNc2nc(F)nc(Nc3cc(S(=O)(=O)O)cc(NN=C(N=Nc4cc(C)ccc4C=O)c4ccccc4)c3O)n2)nc(NCCC)c(N=NC)c1C. The van der Waals surface area contributed by atoms with Crippen LogP contribution >= 0.6 is 0 Å². The van der Waals surface area contributed by atoms with Crippen LogP contribution in [0, 0.1) is 26.5 Å². The van der Waals surface area contributed by atoms with Crippen molar-refractivity contribution in [1.82, 2.24) is 19.9 Å². The van der Waals surface area contributed by atoms with Crippen molar-refractivity contribution in [1.29, 1.82) is 0 Å². The molecule has 0 spiro atoms. The fourth-order valence-electron chi connectivity index (χ4n) is 5.36. The standard InChI is InChI=1S/C38H40FN15O5S/c1-6-15-42-35-31(52-41-5)23(3)30(40-4)34(46-35)43-16-10-17-44-37-47-36(39)48-38(49-37)45-28-19-26(60(57,58)59)20-29(32(28)56)51-54-33(24-11-8-7-9-12-24)53-50-27-18-22(2)13-14-25(27)21-55/h7-9,11-14,18-21,51,56H,6,10,15-17H2,1-3,5H3,(H2,42,43,46)(H,57,58,59)(H2,44,45,47,48,49). The first-order valence-corrected chi connectivity index (χ1v) is 19.6. The Morgan fingerprint density at radius 1 is 0.917 bits per heavy atom.